The lowest BCUT2D eigenvalue weighted by Gasteiger charge is -2.18. The summed E-state index contributed by atoms with van der Waals surface area (Å²) in [6.07, 6.45) is 0.686. The van der Waals surface area contributed by atoms with Crippen LogP contribution < -0.4 is 15.1 Å². The second-order valence-corrected chi connectivity index (χ2v) is 8.85. The summed E-state index contributed by atoms with van der Waals surface area (Å²) in [6.45, 7) is 0.767. The Kier molecular flexibility index (Phi) is 5.06. The maximum absolute atomic E-state index is 13.2. The summed E-state index contributed by atoms with van der Waals surface area (Å²) in [4.78, 5) is 11.5. The van der Waals surface area contributed by atoms with Crippen LogP contribution in [-0.2, 0) is 10.0 Å². The van der Waals surface area contributed by atoms with Gasteiger partial charge in [-0.25, -0.2) is 13.2 Å². The maximum atomic E-state index is 13.2. The number of benzene rings is 2. The third kappa shape index (κ3) is 3.61. The highest BCUT2D eigenvalue weighted by molar-refractivity contribution is 7.89. The fourth-order valence-corrected chi connectivity index (χ4v) is 5.25. The van der Waals surface area contributed by atoms with Crippen molar-refractivity contribution in [1.29, 1.82) is 0 Å². The molecule has 2 aromatic carbocycles. The number of fused-ring (bicyclic) bond motifs is 1. The van der Waals surface area contributed by atoms with Gasteiger partial charge in [0.25, 0.3) is 0 Å². The molecule has 0 amide bonds. The number of hydrogen-bond acceptors (Lipinski definition) is 6. The zero-order valence-corrected chi connectivity index (χ0v) is 16.9. The normalized spacial score (nSPS) is 17.5. The molecule has 1 fully saturated rings. The first-order chi connectivity index (χ1) is 13.9. The lowest BCUT2D eigenvalue weighted by molar-refractivity contribution is 0.394. The monoisotopic (exact) mass is 415 g/mol. The van der Waals surface area contributed by atoms with Crippen LogP contribution >= 0.6 is 0 Å². The number of nitrogens with zero attached hydrogens (tertiary/aromatic N) is 1. The predicted molar refractivity (Wildman–Crippen MR) is 108 cm³/mol. The fraction of sp³-hybridized carbons (Fsp3) is 0.286. The molecule has 1 unspecified atom stereocenters. The van der Waals surface area contributed by atoms with E-state index in [2.05, 4.69) is 0 Å². The third-order valence-electron chi connectivity index (χ3n) is 5.26. The van der Waals surface area contributed by atoms with E-state index >= 15 is 0 Å². The van der Waals surface area contributed by atoms with Crippen LogP contribution in [0.4, 0.5) is 0 Å². The van der Waals surface area contributed by atoms with E-state index in [4.69, 9.17) is 13.9 Å². The van der Waals surface area contributed by atoms with Crippen molar-refractivity contribution in [2.75, 3.05) is 27.3 Å². The van der Waals surface area contributed by atoms with Crippen molar-refractivity contribution in [3.8, 4) is 11.5 Å². The highest BCUT2D eigenvalue weighted by Gasteiger charge is 2.34. The molecule has 7 nitrogen and oxygen atoms in total. The van der Waals surface area contributed by atoms with E-state index in [1.807, 2.05) is 18.2 Å². The van der Waals surface area contributed by atoms with Gasteiger partial charge >= 0.3 is 5.63 Å². The molecule has 0 aliphatic carbocycles. The van der Waals surface area contributed by atoms with E-state index in [9.17, 15) is 13.2 Å². The molecule has 8 heteroatoms. The summed E-state index contributed by atoms with van der Waals surface area (Å²) < 4.78 is 43.7. The Morgan fingerprint density at radius 3 is 2.62 bits per heavy atom. The van der Waals surface area contributed by atoms with E-state index < -0.39 is 15.6 Å². The molecular weight excluding hydrogens is 394 g/mol. The standard InChI is InChI=1S/C21H21NO6S/c1-26-16-4-6-20(27-2)18(12-16)15-9-10-22(13-15)29(24,25)17-5-7-19-14(11-17)3-8-21(23)28-19/h3-8,11-12,15H,9-10,13H2,1-2H3. The molecule has 0 spiro atoms. The molecule has 2 heterocycles. The molecule has 152 valence electrons. The molecule has 1 aromatic heterocycles. The van der Waals surface area contributed by atoms with Crippen molar-refractivity contribution in [3.63, 3.8) is 0 Å². The highest BCUT2D eigenvalue weighted by Crippen LogP contribution is 2.37. The van der Waals surface area contributed by atoms with Crippen LogP contribution in [0.2, 0.25) is 0 Å². The van der Waals surface area contributed by atoms with Gasteiger partial charge in [-0.3, -0.25) is 0 Å². The second-order valence-electron chi connectivity index (χ2n) is 6.91. The quantitative estimate of drug-likeness (QED) is 0.596. The van der Waals surface area contributed by atoms with Gasteiger partial charge in [0, 0.05) is 36.0 Å². The molecule has 0 saturated carbocycles. The molecule has 29 heavy (non-hydrogen) atoms. The van der Waals surface area contributed by atoms with Crippen LogP contribution in [0.1, 0.15) is 17.9 Å². The second kappa shape index (κ2) is 7.53. The van der Waals surface area contributed by atoms with Crippen molar-refractivity contribution in [1.82, 2.24) is 4.31 Å². The van der Waals surface area contributed by atoms with Crippen LogP contribution in [0.5, 0.6) is 11.5 Å². The lowest BCUT2D eigenvalue weighted by atomic mass is 9.97. The van der Waals surface area contributed by atoms with Gasteiger partial charge < -0.3 is 13.9 Å². The van der Waals surface area contributed by atoms with Crippen molar-refractivity contribution >= 4 is 21.0 Å². The minimum absolute atomic E-state index is 0.00769. The molecule has 0 N–H and O–H groups in total. The summed E-state index contributed by atoms with van der Waals surface area (Å²) in [6, 6.07) is 12.9. The number of sulfonamides is 1. The maximum Gasteiger partial charge on any atom is 0.336 e. The number of methoxy groups -OCH3 is 2. The van der Waals surface area contributed by atoms with Gasteiger partial charge in [-0.1, -0.05) is 0 Å². The van der Waals surface area contributed by atoms with Gasteiger partial charge in [0.15, 0.2) is 0 Å². The SMILES string of the molecule is COc1ccc(OC)c(C2CCN(S(=O)(=O)c3ccc4oc(=O)ccc4c3)C2)c1. The smallest absolute Gasteiger partial charge is 0.336 e. The lowest BCUT2D eigenvalue weighted by Crippen LogP contribution is -2.28. The van der Waals surface area contributed by atoms with E-state index in [0.717, 1.165) is 11.3 Å². The first kappa shape index (κ1) is 19.5. The number of hydrogen-bond donors (Lipinski definition) is 0. The van der Waals surface area contributed by atoms with Crippen LogP contribution in [0.3, 0.4) is 0 Å². The Bertz CT molecular complexity index is 1220. The zero-order chi connectivity index (χ0) is 20.6. The summed E-state index contributed by atoms with van der Waals surface area (Å²) in [5.74, 6) is 1.43. The number of rotatable bonds is 5. The van der Waals surface area contributed by atoms with Gasteiger partial charge in [0.2, 0.25) is 10.0 Å². The largest absolute Gasteiger partial charge is 0.497 e. The highest BCUT2D eigenvalue weighted by atomic mass is 32.2. The number of ether oxygens (including phenoxy) is 2. The Labute approximate surface area is 168 Å². The van der Waals surface area contributed by atoms with Crippen LogP contribution in [0, 0.1) is 0 Å². The molecule has 1 aliphatic heterocycles. The van der Waals surface area contributed by atoms with E-state index in [1.54, 1.807) is 20.3 Å². The van der Waals surface area contributed by atoms with Gasteiger partial charge in [-0.05, 0) is 48.9 Å². The first-order valence-corrected chi connectivity index (χ1v) is 10.6. The zero-order valence-electron chi connectivity index (χ0n) is 16.1. The molecular formula is C21H21NO6S. The Morgan fingerprint density at radius 1 is 1.03 bits per heavy atom. The fourth-order valence-electron chi connectivity index (χ4n) is 3.72. The van der Waals surface area contributed by atoms with Crippen molar-refractivity contribution in [2.24, 2.45) is 0 Å². The summed E-state index contributed by atoms with van der Waals surface area (Å²) in [7, 11) is -0.480. The Hall–Kier alpha value is -2.84. The van der Waals surface area contributed by atoms with E-state index in [-0.39, 0.29) is 10.8 Å². The van der Waals surface area contributed by atoms with E-state index in [0.29, 0.717) is 36.2 Å². The van der Waals surface area contributed by atoms with Crippen LogP contribution in [-0.4, -0.2) is 40.0 Å². The van der Waals surface area contributed by atoms with Gasteiger partial charge in [-0.2, -0.15) is 4.31 Å². The molecule has 1 aliphatic rings. The van der Waals surface area contributed by atoms with Crippen molar-refractivity contribution in [2.45, 2.75) is 17.2 Å². The van der Waals surface area contributed by atoms with Gasteiger partial charge in [0.05, 0.1) is 19.1 Å². The Morgan fingerprint density at radius 2 is 1.86 bits per heavy atom. The van der Waals surface area contributed by atoms with Crippen molar-refractivity contribution in [3.05, 3.63) is 64.5 Å². The summed E-state index contributed by atoms with van der Waals surface area (Å²) >= 11 is 0. The van der Waals surface area contributed by atoms with Crippen molar-refractivity contribution < 1.29 is 22.3 Å². The topological polar surface area (TPSA) is 86.1 Å². The molecule has 0 radical (unpaired) electrons. The molecule has 1 saturated heterocycles. The molecule has 0 bridgehead atoms. The molecule has 4 rings (SSSR count). The summed E-state index contributed by atoms with van der Waals surface area (Å²) in [5.41, 5.74) is 0.824. The predicted octanol–water partition coefficient (Wildman–Crippen LogP) is 2.99. The molecule has 3 aromatic rings. The van der Waals surface area contributed by atoms with Gasteiger partial charge in [-0.15, -0.1) is 0 Å². The first-order valence-electron chi connectivity index (χ1n) is 9.18. The van der Waals surface area contributed by atoms with Crippen LogP contribution in [0.15, 0.2) is 62.6 Å². The van der Waals surface area contributed by atoms with Gasteiger partial charge in [0.1, 0.15) is 17.1 Å². The minimum atomic E-state index is -3.67. The molecule has 1 atom stereocenters. The third-order valence-corrected chi connectivity index (χ3v) is 7.12. The average molecular weight is 415 g/mol. The van der Waals surface area contributed by atoms with E-state index in [1.165, 1.54) is 28.6 Å². The summed E-state index contributed by atoms with van der Waals surface area (Å²) in [5, 5.41) is 0.566. The minimum Gasteiger partial charge on any atom is -0.497 e. The van der Waals surface area contributed by atoms with Crippen LogP contribution in [0.25, 0.3) is 11.0 Å². The average Bonchev–Trinajstić information content (AvgIpc) is 3.23. The Balaban J connectivity index is 1.63.